The maximum absolute atomic E-state index is 12.4. The predicted molar refractivity (Wildman–Crippen MR) is 114 cm³/mol. The molecule has 26 heavy (non-hydrogen) atoms. The molecule has 0 aliphatic heterocycles. The molecule has 6 heteroatoms. The fourth-order valence-corrected chi connectivity index (χ4v) is 4.14. The van der Waals surface area contributed by atoms with Crippen molar-refractivity contribution in [3.05, 3.63) is 67.7 Å². The number of fused-ring (bicyclic) bond motifs is 1. The molecule has 0 atom stereocenters. The molecule has 0 saturated carbocycles. The molecule has 1 aromatic carbocycles. The van der Waals surface area contributed by atoms with Gasteiger partial charge in [0, 0.05) is 31.8 Å². The number of hydrogen-bond donors (Lipinski definition) is 0. The van der Waals surface area contributed by atoms with Crippen molar-refractivity contribution >= 4 is 44.9 Å². The van der Waals surface area contributed by atoms with Gasteiger partial charge in [0.2, 0.25) is 0 Å². The van der Waals surface area contributed by atoms with Crippen LogP contribution in [0.3, 0.4) is 0 Å². The zero-order valence-electron chi connectivity index (χ0n) is 14.0. The molecule has 4 rings (SSSR count). The predicted octanol–water partition coefficient (Wildman–Crippen LogP) is 5.54. The molecular weight excluding hydrogens is 459 g/mol. The number of aryl methyl sites for hydroxylation is 1. The lowest BCUT2D eigenvalue weighted by atomic mass is 10.1. The van der Waals surface area contributed by atoms with Gasteiger partial charge in [-0.1, -0.05) is 13.3 Å². The average molecular weight is 474 g/mol. The molecule has 3 heterocycles. The summed E-state index contributed by atoms with van der Waals surface area (Å²) in [7, 11) is 0. The summed E-state index contributed by atoms with van der Waals surface area (Å²) < 4.78 is 6.56. The third kappa shape index (κ3) is 3.43. The summed E-state index contributed by atoms with van der Waals surface area (Å²) in [6.45, 7) is 2.13. The topological polar surface area (TPSA) is 56.0 Å². The molecule has 0 radical (unpaired) electrons. The van der Waals surface area contributed by atoms with E-state index in [1.807, 2.05) is 41.9 Å². The van der Waals surface area contributed by atoms with Crippen molar-refractivity contribution in [2.45, 2.75) is 19.8 Å². The highest BCUT2D eigenvalue weighted by atomic mass is 127. The van der Waals surface area contributed by atoms with Crippen LogP contribution in [-0.4, -0.2) is 9.97 Å². The summed E-state index contributed by atoms with van der Waals surface area (Å²) >= 11 is 3.77. The number of benzene rings is 1. The molecule has 0 bridgehead atoms. The third-order valence-corrected chi connectivity index (χ3v) is 5.61. The lowest BCUT2D eigenvalue weighted by molar-refractivity contribution is 0.563. The van der Waals surface area contributed by atoms with Crippen molar-refractivity contribution in [3.8, 4) is 21.8 Å². The van der Waals surface area contributed by atoms with Crippen LogP contribution in [0.2, 0.25) is 0 Å². The van der Waals surface area contributed by atoms with Crippen LogP contribution in [-0.2, 0) is 6.42 Å². The fraction of sp³-hybridized carbons (Fsp3) is 0.150. The number of aromatic nitrogens is 2. The zero-order chi connectivity index (χ0) is 18.1. The van der Waals surface area contributed by atoms with E-state index in [1.54, 1.807) is 0 Å². The Kier molecular flexibility index (Phi) is 4.86. The third-order valence-electron chi connectivity index (χ3n) is 4.04. The van der Waals surface area contributed by atoms with E-state index in [1.165, 1.54) is 11.3 Å². The second-order valence-corrected chi connectivity index (χ2v) is 8.06. The van der Waals surface area contributed by atoms with Crippen LogP contribution in [0, 0.1) is 3.57 Å². The highest BCUT2D eigenvalue weighted by Crippen LogP contribution is 2.29. The first-order valence-corrected chi connectivity index (χ1v) is 10.2. The van der Waals surface area contributed by atoms with Gasteiger partial charge in [-0.2, -0.15) is 0 Å². The van der Waals surface area contributed by atoms with Gasteiger partial charge in [0.15, 0.2) is 0 Å². The Morgan fingerprint density at radius 1 is 1.19 bits per heavy atom. The van der Waals surface area contributed by atoms with Gasteiger partial charge in [-0.15, -0.1) is 11.3 Å². The van der Waals surface area contributed by atoms with E-state index in [2.05, 4.69) is 45.5 Å². The number of pyridine rings is 1. The lowest BCUT2D eigenvalue weighted by Gasteiger charge is -2.01. The number of nitrogens with zero attached hydrogens (tertiary/aromatic N) is 2. The molecule has 0 N–H and O–H groups in total. The Hall–Kier alpha value is -2.06. The number of rotatable bonds is 4. The van der Waals surface area contributed by atoms with Gasteiger partial charge >= 0.3 is 5.63 Å². The molecule has 0 saturated heterocycles. The van der Waals surface area contributed by atoms with Crippen molar-refractivity contribution in [3.63, 3.8) is 0 Å². The molecule has 130 valence electrons. The van der Waals surface area contributed by atoms with Gasteiger partial charge in [0.25, 0.3) is 0 Å². The van der Waals surface area contributed by atoms with Gasteiger partial charge in [-0.25, -0.2) is 9.78 Å². The Balaban J connectivity index is 1.76. The molecule has 0 aliphatic rings. The van der Waals surface area contributed by atoms with E-state index in [4.69, 9.17) is 4.42 Å². The Labute approximate surface area is 168 Å². The van der Waals surface area contributed by atoms with Crippen LogP contribution in [0.5, 0.6) is 0 Å². The average Bonchev–Trinajstić information content (AvgIpc) is 3.12. The second kappa shape index (κ2) is 7.28. The van der Waals surface area contributed by atoms with Crippen LogP contribution >= 0.6 is 33.9 Å². The molecule has 0 aliphatic carbocycles. The number of thiazole rings is 1. The van der Waals surface area contributed by atoms with Gasteiger partial charge in [0.05, 0.1) is 11.3 Å². The van der Waals surface area contributed by atoms with Crippen molar-refractivity contribution in [1.29, 1.82) is 0 Å². The van der Waals surface area contributed by atoms with Crippen molar-refractivity contribution < 1.29 is 4.42 Å². The van der Waals surface area contributed by atoms with Gasteiger partial charge in [-0.05, 0) is 65.4 Å². The molecular formula is C20H15IN2O2S. The minimum atomic E-state index is -0.364. The quantitative estimate of drug-likeness (QED) is 0.288. The summed E-state index contributed by atoms with van der Waals surface area (Å²) in [4.78, 5) is 21.4. The fourth-order valence-electron chi connectivity index (χ4n) is 2.81. The maximum atomic E-state index is 12.4. The minimum absolute atomic E-state index is 0.364. The van der Waals surface area contributed by atoms with E-state index < -0.39 is 0 Å². The van der Waals surface area contributed by atoms with Crippen molar-refractivity contribution in [2.24, 2.45) is 0 Å². The summed E-state index contributed by atoms with van der Waals surface area (Å²) in [5.74, 6) is 0. The molecule has 3 aromatic heterocycles. The van der Waals surface area contributed by atoms with Gasteiger partial charge in [0.1, 0.15) is 10.6 Å². The van der Waals surface area contributed by atoms with E-state index in [0.717, 1.165) is 38.1 Å². The van der Waals surface area contributed by atoms with Crippen molar-refractivity contribution in [1.82, 2.24) is 9.97 Å². The van der Waals surface area contributed by atoms with Gasteiger partial charge < -0.3 is 4.42 Å². The van der Waals surface area contributed by atoms with E-state index in [9.17, 15) is 4.79 Å². The molecule has 0 unspecified atom stereocenters. The molecule has 4 aromatic rings. The normalized spacial score (nSPS) is 11.2. The second-order valence-electron chi connectivity index (χ2n) is 5.95. The van der Waals surface area contributed by atoms with E-state index >= 15 is 0 Å². The maximum Gasteiger partial charge on any atom is 0.345 e. The van der Waals surface area contributed by atoms with Crippen LogP contribution in [0.25, 0.3) is 32.8 Å². The summed E-state index contributed by atoms with van der Waals surface area (Å²) in [5.41, 5.74) is 3.45. The monoisotopic (exact) mass is 474 g/mol. The first kappa shape index (κ1) is 17.4. The SMILES string of the molecule is CCCc1cc(-c2nc(-c3cc4cc(I)ccc4oc3=O)cs2)ccn1. The minimum Gasteiger partial charge on any atom is -0.422 e. The standard InChI is InChI=1S/C20H15IN2O2S/c1-2-3-15-9-12(6-7-22-15)19-23-17(11-26-19)16-10-13-8-14(21)4-5-18(13)25-20(16)24/h4-11H,2-3H2,1H3. The summed E-state index contributed by atoms with van der Waals surface area (Å²) in [6.07, 6.45) is 3.81. The largest absolute Gasteiger partial charge is 0.422 e. The van der Waals surface area contributed by atoms with Crippen molar-refractivity contribution in [2.75, 3.05) is 0 Å². The lowest BCUT2D eigenvalue weighted by Crippen LogP contribution is -2.02. The smallest absolute Gasteiger partial charge is 0.345 e. The first-order valence-electron chi connectivity index (χ1n) is 8.28. The van der Waals surface area contributed by atoms with E-state index in [0.29, 0.717) is 16.8 Å². The Bertz CT molecular complexity index is 1150. The van der Waals surface area contributed by atoms with Gasteiger partial charge in [-0.3, -0.25) is 4.98 Å². The summed E-state index contributed by atoms with van der Waals surface area (Å²) in [6, 6.07) is 11.6. The van der Waals surface area contributed by atoms with Crippen LogP contribution in [0.1, 0.15) is 19.0 Å². The Morgan fingerprint density at radius 3 is 2.92 bits per heavy atom. The first-order chi connectivity index (χ1) is 12.6. The van der Waals surface area contributed by atoms with Crippen LogP contribution in [0.15, 0.2) is 57.2 Å². The van der Waals surface area contributed by atoms with Crippen LogP contribution in [0.4, 0.5) is 0 Å². The Morgan fingerprint density at radius 2 is 2.08 bits per heavy atom. The number of halogens is 1. The summed E-state index contributed by atoms with van der Waals surface area (Å²) in [5, 5.41) is 3.68. The molecule has 4 nitrogen and oxygen atoms in total. The molecule has 0 fully saturated rings. The molecule has 0 amide bonds. The van der Waals surface area contributed by atoms with Crippen LogP contribution < -0.4 is 5.63 Å². The van der Waals surface area contributed by atoms with E-state index in [-0.39, 0.29) is 5.63 Å². The molecule has 0 spiro atoms. The number of hydrogen-bond acceptors (Lipinski definition) is 5. The highest BCUT2D eigenvalue weighted by molar-refractivity contribution is 14.1. The highest BCUT2D eigenvalue weighted by Gasteiger charge is 2.13. The zero-order valence-corrected chi connectivity index (χ0v) is 17.0.